The summed E-state index contributed by atoms with van der Waals surface area (Å²) in [4.78, 5) is 2.13. The number of nitrogens with two attached hydrogens (primary N) is 1. The predicted molar refractivity (Wildman–Crippen MR) is 90.8 cm³/mol. The van der Waals surface area contributed by atoms with Gasteiger partial charge in [0.15, 0.2) is 5.84 Å². The molecular formula is C13H13Br2N3OS. The zero-order valence-electron chi connectivity index (χ0n) is 10.7. The topological polar surface area (TPSA) is 61.8 Å². The minimum absolute atomic E-state index is 0.0906. The number of anilines is 1. The van der Waals surface area contributed by atoms with Crippen molar-refractivity contribution in [3.63, 3.8) is 0 Å². The first-order valence-corrected chi connectivity index (χ1v) is 8.19. The smallest absolute Gasteiger partial charge is 0.171 e. The first-order valence-electron chi connectivity index (χ1n) is 5.72. The highest BCUT2D eigenvalue weighted by Crippen LogP contribution is 2.26. The van der Waals surface area contributed by atoms with Crippen LogP contribution in [0.1, 0.15) is 11.1 Å². The number of amidine groups is 1. The maximum atomic E-state index is 8.72. The van der Waals surface area contributed by atoms with Gasteiger partial charge in [-0.3, -0.25) is 0 Å². The summed E-state index contributed by atoms with van der Waals surface area (Å²) in [5.74, 6) is 0.0906. The maximum absolute atomic E-state index is 8.72. The fraction of sp³-hybridized carbons (Fsp3) is 0.154. The molecule has 4 nitrogen and oxygen atoms in total. The highest BCUT2D eigenvalue weighted by Gasteiger charge is 2.09. The summed E-state index contributed by atoms with van der Waals surface area (Å²) in [6, 6.07) is 7.84. The van der Waals surface area contributed by atoms with Crippen LogP contribution in [-0.2, 0) is 6.54 Å². The van der Waals surface area contributed by atoms with Gasteiger partial charge in [-0.15, -0.1) is 11.3 Å². The van der Waals surface area contributed by atoms with E-state index >= 15 is 0 Å². The molecule has 1 aromatic heterocycles. The minimum Gasteiger partial charge on any atom is -0.409 e. The van der Waals surface area contributed by atoms with E-state index in [2.05, 4.69) is 53.4 Å². The lowest BCUT2D eigenvalue weighted by molar-refractivity contribution is 0.318. The summed E-state index contributed by atoms with van der Waals surface area (Å²) in [5.41, 5.74) is 8.57. The zero-order valence-corrected chi connectivity index (χ0v) is 14.7. The molecule has 0 bridgehead atoms. The normalized spacial score (nSPS) is 11.7. The second-order valence-corrected chi connectivity index (χ2v) is 7.41. The van der Waals surface area contributed by atoms with Crippen LogP contribution >= 0.6 is 43.2 Å². The molecule has 0 aliphatic rings. The molecule has 0 fully saturated rings. The third-order valence-corrected chi connectivity index (χ3v) is 5.03. The Balaban J connectivity index is 2.18. The lowest BCUT2D eigenvalue weighted by Gasteiger charge is -2.19. The zero-order chi connectivity index (χ0) is 14.7. The van der Waals surface area contributed by atoms with Gasteiger partial charge in [-0.05, 0) is 67.1 Å². The summed E-state index contributed by atoms with van der Waals surface area (Å²) in [6.07, 6.45) is 0. The van der Waals surface area contributed by atoms with Crippen LogP contribution in [0, 0.1) is 0 Å². The number of benzene rings is 1. The molecule has 0 spiro atoms. The van der Waals surface area contributed by atoms with Crippen molar-refractivity contribution < 1.29 is 5.21 Å². The quantitative estimate of drug-likeness (QED) is 0.341. The van der Waals surface area contributed by atoms with Gasteiger partial charge in [-0.1, -0.05) is 5.16 Å². The number of thiophene rings is 1. The Morgan fingerprint density at radius 1 is 1.40 bits per heavy atom. The van der Waals surface area contributed by atoms with E-state index in [9.17, 15) is 0 Å². The van der Waals surface area contributed by atoms with E-state index in [4.69, 9.17) is 10.9 Å². The van der Waals surface area contributed by atoms with Gasteiger partial charge >= 0.3 is 0 Å². The van der Waals surface area contributed by atoms with Crippen LogP contribution in [0.5, 0.6) is 0 Å². The van der Waals surface area contributed by atoms with Crippen LogP contribution in [0.15, 0.2) is 43.1 Å². The van der Waals surface area contributed by atoms with Crippen molar-refractivity contribution in [1.82, 2.24) is 0 Å². The molecule has 20 heavy (non-hydrogen) atoms. The molecule has 0 amide bonds. The Morgan fingerprint density at radius 2 is 2.15 bits per heavy atom. The molecule has 0 saturated heterocycles. The molecule has 106 valence electrons. The lowest BCUT2D eigenvalue weighted by Crippen LogP contribution is -2.17. The summed E-state index contributed by atoms with van der Waals surface area (Å²) >= 11 is 8.58. The Labute approximate surface area is 138 Å². The van der Waals surface area contributed by atoms with Gasteiger partial charge in [0.25, 0.3) is 0 Å². The summed E-state index contributed by atoms with van der Waals surface area (Å²) in [7, 11) is 2.02. The monoisotopic (exact) mass is 417 g/mol. The van der Waals surface area contributed by atoms with E-state index in [0.717, 1.165) is 20.5 Å². The highest BCUT2D eigenvalue weighted by atomic mass is 79.9. The van der Waals surface area contributed by atoms with Gasteiger partial charge in [0.2, 0.25) is 0 Å². The Hall–Kier alpha value is -1.05. The third-order valence-electron chi connectivity index (χ3n) is 2.82. The number of halogens is 2. The van der Waals surface area contributed by atoms with Crippen LogP contribution in [0.3, 0.4) is 0 Å². The molecule has 0 unspecified atom stereocenters. The molecule has 0 atom stereocenters. The Kier molecular flexibility index (Phi) is 5.06. The Morgan fingerprint density at radius 3 is 2.70 bits per heavy atom. The fourth-order valence-electron chi connectivity index (χ4n) is 1.80. The van der Waals surface area contributed by atoms with Crippen molar-refractivity contribution >= 4 is 54.7 Å². The van der Waals surface area contributed by atoms with E-state index in [0.29, 0.717) is 5.56 Å². The number of rotatable bonds is 4. The molecule has 1 aromatic carbocycles. The molecule has 0 saturated carbocycles. The van der Waals surface area contributed by atoms with Crippen LogP contribution in [-0.4, -0.2) is 18.1 Å². The first-order chi connectivity index (χ1) is 9.51. The third kappa shape index (κ3) is 3.53. The van der Waals surface area contributed by atoms with Gasteiger partial charge < -0.3 is 15.8 Å². The van der Waals surface area contributed by atoms with Crippen LogP contribution in [0.2, 0.25) is 0 Å². The van der Waals surface area contributed by atoms with Crippen molar-refractivity contribution in [2.75, 3.05) is 11.9 Å². The predicted octanol–water partition coefficient (Wildman–Crippen LogP) is 4.00. The van der Waals surface area contributed by atoms with E-state index < -0.39 is 0 Å². The first kappa shape index (κ1) is 15.3. The average Bonchev–Trinajstić information content (AvgIpc) is 2.83. The summed E-state index contributed by atoms with van der Waals surface area (Å²) in [5, 5.41) is 13.9. The second-order valence-electron chi connectivity index (χ2n) is 4.26. The molecule has 0 aliphatic heterocycles. The largest absolute Gasteiger partial charge is 0.409 e. The summed E-state index contributed by atoms with van der Waals surface area (Å²) < 4.78 is 1.92. The number of oxime groups is 1. The van der Waals surface area contributed by atoms with Gasteiger partial charge in [-0.25, -0.2) is 0 Å². The van der Waals surface area contributed by atoms with E-state index in [1.807, 2.05) is 25.2 Å². The van der Waals surface area contributed by atoms with Crippen LogP contribution < -0.4 is 10.6 Å². The van der Waals surface area contributed by atoms with Gasteiger partial charge in [0.1, 0.15) is 0 Å². The molecule has 2 rings (SSSR count). The molecule has 2 aromatic rings. The van der Waals surface area contributed by atoms with Crippen molar-refractivity contribution in [3.05, 3.63) is 49.0 Å². The van der Waals surface area contributed by atoms with Gasteiger partial charge in [0, 0.05) is 29.3 Å². The molecule has 3 N–H and O–H groups in total. The van der Waals surface area contributed by atoms with E-state index in [1.165, 1.54) is 5.56 Å². The maximum Gasteiger partial charge on any atom is 0.171 e. The molecule has 0 radical (unpaired) electrons. The molecule has 0 aliphatic carbocycles. The molecule has 7 heteroatoms. The van der Waals surface area contributed by atoms with Crippen LogP contribution in [0.25, 0.3) is 0 Å². The van der Waals surface area contributed by atoms with Gasteiger partial charge in [-0.2, -0.15) is 0 Å². The Bertz CT molecular complexity index is 642. The summed E-state index contributed by atoms with van der Waals surface area (Å²) in [6.45, 7) is 0.817. The molecule has 1 heterocycles. The van der Waals surface area contributed by atoms with Gasteiger partial charge in [0.05, 0.1) is 3.79 Å². The average molecular weight is 419 g/mol. The number of nitrogens with zero attached hydrogens (tertiary/aromatic N) is 2. The SMILES string of the molecule is CN(Cc1csc(Br)c1)c1ccc(/C(N)=N/O)c(Br)c1. The van der Waals surface area contributed by atoms with E-state index in [1.54, 1.807) is 11.3 Å². The fourth-order valence-corrected chi connectivity index (χ4v) is 3.57. The van der Waals surface area contributed by atoms with Crippen molar-refractivity contribution in [3.8, 4) is 0 Å². The van der Waals surface area contributed by atoms with Crippen LogP contribution in [0.4, 0.5) is 5.69 Å². The lowest BCUT2D eigenvalue weighted by atomic mass is 10.2. The molecular weight excluding hydrogens is 406 g/mol. The minimum atomic E-state index is 0.0906. The van der Waals surface area contributed by atoms with Crippen molar-refractivity contribution in [2.45, 2.75) is 6.54 Å². The van der Waals surface area contributed by atoms with Crippen molar-refractivity contribution in [2.24, 2.45) is 10.9 Å². The highest BCUT2D eigenvalue weighted by molar-refractivity contribution is 9.11. The standard InChI is InChI=1S/C13H13Br2N3OS/c1-18(6-8-4-12(15)20-7-8)9-2-3-10(11(14)5-9)13(16)17-19/h2-5,7,19H,6H2,1H3,(H2,16,17). The van der Waals surface area contributed by atoms with Crippen molar-refractivity contribution in [1.29, 1.82) is 0 Å². The second kappa shape index (κ2) is 6.60. The number of hydrogen-bond acceptors (Lipinski definition) is 4. The number of hydrogen-bond donors (Lipinski definition) is 2. The van der Waals surface area contributed by atoms with E-state index in [-0.39, 0.29) is 5.84 Å².